The molecule has 2 fully saturated rings. The Morgan fingerprint density at radius 2 is 1.93 bits per heavy atom. The Labute approximate surface area is 163 Å². The maximum absolute atomic E-state index is 13.4. The summed E-state index contributed by atoms with van der Waals surface area (Å²) in [6.45, 7) is 2.46. The van der Waals surface area contributed by atoms with Gasteiger partial charge in [0.1, 0.15) is 11.6 Å². The first-order valence-corrected chi connectivity index (χ1v) is 10.2. The lowest BCUT2D eigenvalue weighted by molar-refractivity contribution is -0.134. The molecule has 1 aliphatic heterocycles. The number of fused-ring (bicyclic) bond motifs is 1. The van der Waals surface area contributed by atoms with Crippen molar-refractivity contribution >= 4 is 5.91 Å². The van der Waals surface area contributed by atoms with Gasteiger partial charge in [0.05, 0.1) is 12.5 Å². The Kier molecular flexibility index (Phi) is 4.07. The number of amides is 1. The molecule has 0 bridgehead atoms. The lowest BCUT2D eigenvalue weighted by Gasteiger charge is -2.26. The summed E-state index contributed by atoms with van der Waals surface area (Å²) in [5.74, 6) is 2.42. The second-order valence-electron chi connectivity index (χ2n) is 8.33. The molecule has 7 nitrogen and oxygen atoms in total. The van der Waals surface area contributed by atoms with E-state index in [2.05, 4.69) is 5.10 Å². The molecule has 2 saturated carbocycles. The molecule has 7 heteroatoms. The number of methoxy groups -OCH3 is 1. The molecule has 148 valence electrons. The van der Waals surface area contributed by atoms with E-state index in [0.29, 0.717) is 32.0 Å². The first-order chi connectivity index (χ1) is 13.6. The predicted molar refractivity (Wildman–Crippen MR) is 103 cm³/mol. The minimum absolute atomic E-state index is 0.0208. The van der Waals surface area contributed by atoms with Gasteiger partial charge >= 0.3 is 5.69 Å². The molecule has 1 aromatic carbocycles. The van der Waals surface area contributed by atoms with E-state index in [1.54, 1.807) is 16.4 Å². The number of nitrogens with zero attached hydrogens (tertiary/aromatic N) is 4. The number of hydrogen-bond acceptors (Lipinski definition) is 4. The highest BCUT2D eigenvalue weighted by Gasteiger charge is 2.53. The smallest absolute Gasteiger partial charge is 0.345 e. The lowest BCUT2D eigenvalue weighted by Crippen LogP contribution is -2.41. The molecule has 0 atom stereocenters. The van der Waals surface area contributed by atoms with Gasteiger partial charge in [-0.05, 0) is 49.3 Å². The van der Waals surface area contributed by atoms with Gasteiger partial charge in [0, 0.05) is 32.6 Å². The molecule has 2 heterocycles. The molecule has 0 spiro atoms. The number of carbonyl (C=O) groups excluding carboxylic acids is 1. The summed E-state index contributed by atoms with van der Waals surface area (Å²) in [6, 6.07) is 7.85. The van der Waals surface area contributed by atoms with E-state index in [0.717, 1.165) is 36.5 Å². The molecule has 2 aliphatic carbocycles. The van der Waals surface area contributed by atoms with Gasteiger partial charge in [0.25, 0.3) is 0 Å². The molecule has 0 radical (unpaired) electrons. The van der Waals surface area contributed by atoms with E-state index in [4.69, 9.17) is 4.74 Å². The zero-order valence-corrected chi connectivity index (χ0v) is 16.3. The van der Waals surface area contributed by atoms with Gasteiger partial charge in [-0.1, -0.05) is 12.1 Å². The second-order valence-corrected chi connectivity index (χ2v) is 8.33. The van der Waals surface area contributed by atoms with Gasteiger partial charge in [-0.2, -0.15) is 5.10 Å². The number of aromatic nitrogens is 3. The van der Waals surface area contributed by atoms with E-state index in [-0.39, 0.29) is 11.6 Å². The number of ether oxygens (including phenoxy) is 1. The Morgan fingerprint density at radius 1 is 1.18 bits per heavy atom. The highest BCUT2D eigenvalue weighted by Crippen LogP contribution is 2.50. The Balaban J connectivity index is 1.32. The summed E-state index contributed by atoms with van der Waals surface area (Å²) < 4.78 is 8.63. The number of benzene rings is 1. The molecular weight excluding hydrogens is 356 g/mol. The topological polar surface area (TPSA) is 69.4 Å². The first kappa shape index (κ1) is 17.5. The fourth-order valence-corrected chi connectivity index (χ4v) is 4.29. The van der Waals surface area contributed by atoms with Crippen LogP contribution in [0.15, 0.2) is 29.1 Å². The van der Waals surface area contributed by atoms with E-state index in [1.165, 1.54) is 12.8 Å². The molecule has 0 saturated heterocycles. The van der Waals surface area contributed by atoms with E-state index in [9.17, 15) is 9.59 Å². The van der Waals surface area contributed by atoms with Crippen molar-refractivity contribution in [3.8, 4) is 5.75 Å². The molecule has 1 aromatic heterocycles. The second kappa shape index (κ2) is 6.50. The van der Waals surface area contributed by atoms with Crippen LogP contribution in [-0.2, 0) is 29.7 Å². The fraction of sp³-hybridized carbons (Fsp3) is 0.571. The summed E-state index contributed by atoms with van der Waals surface area (Å²) in [5.41, 5.74) is 0.643. The maximum atomic E-state index is 13.4. The van der Waals surface area contributed by atoms with Crippen molar-refractivity contribution in [2.45, 2.75) is 50.6 Å². The van der Waals surface area contributed by atoms with Gasteiger partial charge < -0.3 is 9.64 Å². The van der Waals surface area contributed by atoms with Gasteiger partial charge in [0.2, 0.25) is 5.91 Å². The summed E-state index contributed by atoms with van der Waals surface area (Å²) >= 11 is 0. The summed E-state index contributed by atoms with van der Waals surface area (Å²) in [6.07, 6.45) is 4.80. The molecule has 3 aliphatic rings. The van der Waals surface area contributed by atoms with Gasteiger partial charge in [0.15, 0.2) is 0 Å². The summed E-state index contributed by atoms with van der Waals surface area (Å²) in [7, 11) is 1.65. The third-order valence-corrected chi connectivity index (χ3v) is 6.42. The Hall–Kier alpha value is -2.57. The van der Waals surface area contributed by atoms with Crippen LogP contribution in [0.2, 0.25) is 0 Å². The molecule has 0 N–H and O–H groups in total. The van der Waals surface area contributed by atoms with Crippen LogP contribution >= 0.6 is 0 Å². The predicted octanol–water partition coefficient (Wildman–Crippen LogP) is 1.58. The van der Waals surface area contributed by atoms with Crippen LogP contribution in [0, 0.1) is 5.92 Å². The van der Waals surface area contributed by atoms with Crippen molar-refractivity contribution in [3.63, 3.8) is 0 Å². The standard InChI is InChI=1S/C21H26N4O3/c1-28-17-6-4-16(5-7-17)21(9-10-21)19(26)23-11-8-18-22-25(14-15-2-3-15)20(27)24(18)13-12-23/h4-7,15H,2-3,8-14H2,1H3. The third kappa shape index (κ3) is 2.93. The largest absolute Gasteiger partial charge is 0.497 e. The van der Waals surface area contributed by atoms with Crippen molar-refractivity contribution in [1.82, 2.24) is 19.2 Å². The van der Waals surface area contributed by atoms with E-state index >= 15 is 0 Å². The minimum atomic E-state index is -0.398. The molecule has 0 unspecified atom stereocenters. The number of carbonyl (C=O) groups is 1. The molecular formula is C21H26N4O3. The van der Waals surface area contributed by atoms with Crippen LogP contribution < -0.4 is 10.4 Å². The van der Waals surface area contributed by atoms with Crippen LogP contribution in [0.3, 0.4) is 0 Å². The summed E-state index contributed by atoms with van der Waals surface area (Å²) in [5, 5.41) is 4.55. The molecule has 5 rings (SSSR count). The quantitative estimate of drug-likeness (QED) is 0.787. The maximum Gasteiger partial charge on any atom is 0.345 e. The monoisotopic (exact) mass is 382 g/mol. The Morgan fingerprint density at radius 3 is 2.57 bits per heavy atom. The summed E-state index contributed by atoms with van der Waals surface area (Å²) in [4.78, 5) is 27.9. The van der Waals surface area contributed by atoms with Gasteiger partial charge in [-0.3, -0.25) is 9.36 Å². The van der Waals surface area contributed by atoms with Crippen molar-refractivity contribution in [3.05, 3.63) is 46.1 Å². The number of rotatable bonds is 5. The van der Waals surface area contributed by atoms with E-state index in [1.807, 2.05) is 29.2 Å². The van der Waals surface area contributed by atoms with Gasteiger partial charge in [-0.15, -0.1) is 0 Å². The van der Waals surface area contributed by atoms with Crippen LogP contribution in [0.1, 0.15) is 37.1 Å². The van der Waals surface area contributed by atoms with Crippen LogP contribution in [-0.4, -0.2) is 45.4 Å². The van der Waals surface area contributed by atoms with Crippen LogP contribution in [0.4, 0.5) is 0 Å². The first-order valence-electron chi connectivity index (χ1n) is 10.2. The van der Waals surface area contributed by atoms with Crippen molar-refractivity contribution in [2.75, 3.05) is 20.2 Å². The molecule has 2 aromatic rings. The number of hydrogen-bond donors (Lipinski definition) is 0. The fourth-order valence-electron chi connectivity index (χ4n) is 4.29. The SMILES string of the molecule is COc1ccc(C2(C(=O)N3CCc4nn(CC5CC5)c(=O)n4CC3)CC2)cc1. The lowest BCUT2D eigenvalue weighted by atomic mass is 9.94. The highest BCUT2D eigenvalue weighted by molar-refractivity contribution is 5.91. The third-order valence-electron chi connectivity index (χ3n) is 6.42. The van der Waals surface area contributed by atoms with Crippen LogP contribution in [0.5, 0.6) is 5.75 Å². The minimum Gasteiger partial charge on any atom is -0.497 e. The van der Waals surface area contributed by atoms with Gasteiger partial charge in [-0.25, -0.2) is 9.48 Å². The molecule has 1 amide bonds. The average molecular weight is 382 g/mol. The van der Waals surface area contributed by atoms with Crippen LogP contribution in [0.25, 0.3) is 0 Å². The van der Waals surface area contributed by atoms with Crippen molar-refractivity contribution in [2.24, 2.45) is 5.92 Å². The van der Waals surface area contributed by atoms with Crippen molar-refractivity contribution in [1.29, 1.82) is 0 Å². The average Bonchev–Trinajstić information content (AvgIpc) is 3.62. The van der Waals surface area contributed by atoms with Crippen molar-refractivity contribution < 1.29 is 9.53 Å². The highest BCUT2D eigenvalue weighted by atomic mass is 16.5. The Bertz CT molecular complexity index is 951. The normalized spacial score (nSPS) is 20.4. The zero-order chi connectivity index (χ0) is 19.3. The molecule has 28 heavy (non-hydrogen) atoms. The van der Waals surface area contributed by atoms with E-state index < -0.39 is 5.41 Å². The zero-order valence-electron chi connectivity index (χ0n) is 16.3.